The van der Waals surface area contributed by atoms with Crippen LogP contribution in [-0.4, -0.2) is 4.98 Å². The van der Waals surface area contributed by atoms with Crippen molar-refractivity contribution >= 4 is 0 Å². The summed E-state index contributed by atoms with van der Waals surface area (Å²) in [6.07, 6.45) is 1.40. The second kappa shape index (κ2) is 2.64. The summed E-state index contributed by atoms with van der Waals surface area (Å²) in [5.41, 5.74) is 0.117. The van der Waals surface area contributed by atoms with Crippen molar-refractivity contribution in [3.05, 3.63) is 18.1 Å². The van der Waals surface area contributed by atoms with Crippen LogP contribution in [0.5, 0.6) is 0 Å². The summed E-state index contributed by atoms with van der Waals surface area (Å²) >= 11 is 0. The highest BCUT2D eigenvalue weighted by Crippen LogP contribution is 2.20. The van der Waals surface area contributed by atoms with Gasteiger partial charge in [-0.3, -0.25) is 0 Å². The number of halogens is 1. The second-order valence-corrected chi connectivity index (χ2v) is 3.82. The normalized spacial score (nSPS) is 12.0. The van der Waals surface area contributed by atoms with Gasteiger partial charge in [0.05, 0.1) is 6.20 Å². The highest BCUT2D eigenvalue weighted by molar-refractivity contribution is 4.92. The van der Waals surface area contributed by atoms with E-state index in [1.54, 1.807) is 0 Å². The van der Waals surface area contributed by atoms with Crippen LogP contribution in [0.4, 0.5) is 4.39 Å². The highest BCUT2D eigenvalue weighted by Gasteiger charge is 2.14. The monoisotopic (exact) mass is 157 g/mol. The van der Waals surface area contributed by atoms with Crippen molar-refractivity contribution in [2.24, 2.45) is 5.41 Å². The van der Waals surface area contributed by atoms with E-state index in [-0.39, 0.29) is 5.41 Å². The number of hydrogen-bond donors (Lipinski definition) is 0. The van der Waals surface area contributed by atoms with Gasteiger partial charge in [0.1, 0.15) is 5.76 Å². The van der Waals surface area contributed by atoms with E-state index in [2.05, 4.69) is 30.2 Å². The Morgan fingerprint density at radius 2 is 2.18 bits per heavy atom. The van der Waals surface area contributed by atoms with Crippen molar-refractivity contribution < 1.29 is 8.81 Å². The molecule has 1 rings (SSSR count). The number of rotatable bonds is 1. The van der Waals surface area contributed by atoms with Crippen molar-refractivity contribution in [1.29, 1.82) is 0 Å². The molecule has 0 N–H and O–H groups in total. The number of nitrogens with zero attached hydrogens (tertiary/aromatic N) is 1. The Hall–Kier alpha value is -0.860. The van der Waals surface area contributed by atoms with Crippen molar-refractivity contribution in [3.8, 4) is 0 Å². The van der Waals surface area contributed by atoms with E-state index in [1.165, 1.54) is 6.20 Å². The van der Waals surface area contributed by atoms with Gasteiger partial charge >= 0.3 is 6.14 Å². The molecule has 0 aliphatic rings. The van der Waals surface area contributed by atoms with Crippen LogP contribution in [0.15, 0.2) is 10.6 Å². The Labute approximate surface area is 65.4 Å². The Kier molecular flexibility index (Phi) is 1.98. The number of oxazole rings is 1. The molecule has 0 spiro atoms. The third-order valence-electron chi connectivity index (χ3n) is 1.23. The van der Waals surface area contributed by atoms with Gasteiger partial charge in [-0.15, -0.1) is 4.39 Å². The molecule has 0 fully saturated rings. The van der Waals surface area contributed by atoms with Crippen LogP contribution in [0, 0.1) is 11.6 Å². The number of hydrogen-bond acceptors (Lipinski definition) is 2. The fourth-order valence-corrected chi connectivity index (χ4v) is 0.888. The quantitative estimate of drug-likeness (QED) is 0.625. The predicted octanol–water partition coefficient (Wildman–Crippen LogP) is 2.40. The van der Waals surface area contributed by atoms with Gasteiger partial charge < -0.3 is 4.42 Å². The summed E-state index contributed by atoms with van der Waals surface area (Å²) < 4.78 is 16.9. The Morgan fingerprint density at radius 1 is 1.55 bits per heavy atom. The first-order valence-electron chi connectivity index (χ1n) is 3.57. The number of aromatic nitrogens is 1. The standard InChI is InChI=1S/C8H12FNO/c1-8(2,3)4-6-5-10-7(9)11-6/h5H,4H2,1-3H3. The smallest absolute Gasteiger partial charge is 0.381 e. The molecule has 0 saturated heterocycles. The Bertz CT molecular complexity index is 236. The van der Waals surface area contributed by atoms with Crippen LogP contribution in [0.25, 0.3) is 0 Å². The molecule has 0 amide bonds. The lowest BCUT2D eigenvalue weighted by atomic mass is 9.91. The van der Waals surface area contributed by atoms with Crippen LogP contribution in [0.1, 0.15) is 26.5 Å². The summed E-state index contributed by atoms with van der Waals surface area (Å²) in [6, 6.07) is 0. The molecule has 1 heterocycles. The first kappa shape index (κ1) is 8.24. The Morgan fingerprint density at radius 3 is 2.55 bits per heavy atom. The lowest BCUT2D eigenvalue weighted by Crippen LogP contribution is -2.08. The average Bonchev–Trinajstić information content (AvgIpc) is 2.10. The first-order valence-corrected chi connectivity index (χ1v) is 3.57. The zero-order valence-corrected chi connectivity index (χ0v) is 7.02. The summed E-state index contributed by atoms with van der Waals surface area (Å²) in [4.78, 5) is 3.37. The SMILES string of the molecule is CC(C)(C)Cc1cnc(F)o1. The second-order valence-electron chi connectivity index (χ2n) is 3.82. The van der Waals surface area contributed by atoms with Gasteiger partial charge in [0.25, 0.3) is 0 Å². The molecule has 0 radical (unpaired) electrons. The van der Waals surface area contributed by atoms with Gasteiger partial charge in [-0.2, -0.15) is 4.98 Å². The van der Waals surface area contributed by atoms with E-state index in [9.17, 15) is 4.39 Å². The van der Waals surface area contributed by atoms with Crippen molar-refractivity contribution in [1.82, 2.24) is 4.98 Å². The Balaban J connectivity index is 2.65. The van der Waals surface area contributed by atoms with E-state index in [4.69, 9.17) is 0 Å². The van der Waals surface area contributed by atoms with Crippen LogP contribution in [-0.2, 0) is 6.42 Å². The van der Waals surface area contributed by atoms with E-state index in [0.29, 0.717) is 12.2 Å². The molecule has 11 heavy (non-hydrogen) atoms. The highest BCUT2D eigenvalue weighted by atomic mass is 19.1. The molecular formula is C8H12FNO. The zero-order valence-electron chi connectivity index (χ0n) is 7.02. The molecule has 0 bridgehead atoms. The maximum atomic E-state index is 12.2. The summed E-state index contributed by atoms with van der Waals surface area (Å²) in [5.74, 6) is 0.606. The van der Waals surface area contributed by atoms with Gasteiger partial charge in [-0.25, -0.2) is 0 Å². The van der Waals surface area contributed by atoms with Crippen LogP contribution in [0.2, 0.25) is 0 Å². The predicted molar refractivity (Wildman–Crippen MR) is 39.6 cm³/mol. The maximum absolute atomic E-state index is 12.2. The first-order chi connectivity index (χ1) is 4.97. The largest absolute Gasteiger partial charge is 0.420 e. The van der Waals surface area contributed by atoms with Gasteiger partial charge in [0.15, 0.2) is 0 Å². The van der Waals surface area contributed by atoms with E-state index in [0.717, 1.165) is 0 Å². The lowest BCUT2D eigenvalue weighted by molar-refractivity contribution is 0.290. The molecule has 0 saturated carbocycles. The minimum absolute atomic E-state index is 0.117. The third kappa shape index (κ3) is 2.70. The van der Waals surface area contributed by atoms with Gasteiger partial charge in [0.2, 0.25) is 0 Å². The van der Waals surface area contributed by atoms with E-state index >= 15 is 0 Å². The van der Waals surface area contributed by atoms with Gasteiger partial charge in [-0.1, -0.05) is 20.8 Å². The molecular weight excluding hydrogens is 145 g/mol. The minimum atomic E-state index is -0.746. The molecule has 0 aliphatic carbocycles. The van der Waals surface area contributed by atoms with E-state index in [1.807, 2.05) is 0 Å². The topological polar surface area (TPSA) is 26.0 Å². The van der Waals surface area contributed by atoms with Crippen molar-refractivity contribution in [3.63, 3.8) is 0 Å². The zero-order chi connectivity index (χ0) is 8.48. The molecule has 0 atom stereocenters. The summed E-state index contributed by atoms with van der Waals surface area (Å²) in [5, 5.41) is 0. The fraction of sp³-hybridized carbons (Fsp3) is 0.625. The van der Waals surface area contributed by atoms with Gasteiger partial charge in [0, 0.05) is 6.42 Å². The van der Waals surface area contributed by atoms with Gasteiger partial charge in [-0.05, 0) is 5.41 Å². The van der Waals surface area contributed by atoms with Crippen LogP contribution >= 0.6 is 0 Å². The van der Waals surface area contributed by atoms with E-state index < -0.39 is 6.14 Å². The fourth-order valence-electron chi connectivity index (χ4n) is 0.888. The van der Waals surface area contributed by atoms with Crippen LogP contribution in [0.3, 0.4) is 0 Å². The molecule has 2 nitrogen and oxygen atoms in total. The molecule has 1 aromatic heterocycles. The lowest BCUT2D eigenvalue weighted by Gasteiger charge is -2.14. The molecule has 0 aromatic carbocycles. The molecule has 62 valence electrons. The average molecular weight is 157 g/mol. The maximum Gasteiger partial charge on any atom is 0.381 e. The molecule has 0 aliphatic heterocycles. The molecule has 1 aromatic rings. The minimum Gasteiger partial charge on any atom is -0.420 e. The van der Waals surface area contributed by atoms with Crippen molar-refractivity contribution in [2.75, 3.05) is 0 Å². The van der Waals surface area contributed by atoms with Crippen LogP contribution < -0.4 is 0 Å². The summed E-state index contributed by atoms with van der Waals surface area (Å²) in [6.45, 7) is 6.19. The summed E-state index contributed by atoms with van der Waals surface area (Å²) in [7, 11) is 0. The third-order valence-corrected chi connectivity index (χ3v) is 1.23. The van der Waals surface area contributed by atoms with Crippen molar-refractivity contribution in [2.45, 2.75) is 27.2 Å². The molecule has 0 unspecified atom stereocenters. The molecule has 3 heteroatoms.